The Morgan fingerprint density at radius 2 is 2.30 bits per heavy atom. The highest BCUT2D eigenvalue weighted by atomic mass is 32.1. The van der Waals surface area contributed by atoms with Crippen molar-refractivity contribution in [2.45, 2.75) is 45.6 Å². The maximum Gasteiger partial charge on any atom is 0.241 e. The van der Waals surface area contributed by atoms with Gasteiger partial charge in [-0.1, -0.05) is 6.42 Å². The summed E-state index contributed by atoms with van der Waals surface area (Å²) in [5.74, 6) is 0.0631. The van der Waals surface area contributed by atoms with Gasteiger partial charge in [-0.25, -0.2) is 0 Å². The number of amides is 1. The average molecular weight is 298 g/mol. The number of nitrogens with one attached hydrogen (secondary N) is 1. The highest BCUT2D eigenvalue weighted by Gasteiger charge is 2.28. The van der Waals surface area contributed by atoms with E-state index in [0.29, 0.717) is 13.0 Å². The van der Waals surface area contributed by atoms with Crippen molar-refractivity contribution in [3.8, 4) is 0 Å². The van der Waals surface area contributed by atoms with Gasteiger partial charge in [-0.15, -0.1) is 11.3 Å². The van der Waals surface area contributed by atoms with Crippen LogP contribution in [-0.2, 0) is 4.79 Å². The largest absolute Gasteiger partial charge is 0.323 e. The van der Waals surface area contributed by atoms with E-state index in [9.17, 15) is 9.18 Å². The number of piperidine rings is 1. The normalized spacial score (nSPS) is 20.1. The number of rotatable bonds is 5. The molecule has 1 aliphatic heterocycles. The lowest BCUT2D eigenvalue weighted by atomic mass is 10.0. The number of carbonyl (C=O) groups excluding carboxylic acids is 1. The highest BCUT2D eigenvalue weighted by molar-refractivity contribution is 7.10. The zero-order valence-electron chi connectivity index (χ0n) is 12.2. The topological polar surface area (TPSA) is 32.3 Å². The Balaban J connectivity index is 2.02. The molecule has 0 saturated carbocycles. The van der Waals surface area contributed by atoms with E-state index in [2.05, 4.69) is 15.6 Å². The van der Waals surface area contributed by atoms with Gasteiger partial charge in [0, 0.05) is 11.4 Å². The Labute approximate surface area is 124 Å². The Bertz CT molecular complexity index is 441. The quantitative estimate of drug-likeness (QED) is 0.902. The summed E-state index contributed by atoms with van der Waals surface area (Å²) in [5, 5.41) is 5.13. The van der Waals surface area contributed by atoms with Gasteiger partial charge in [-0.2, -0.15) is 0 Å². The van der Waals surface area contributed by atoms with Gasteiger partial charge in [0.1, 0.15) is 0 Å². The molecule has 5 heteroatoms. The first-order valence-corrected chi connectivity index (χ1v) is 8.17. The predicted octanol–water partition coefficient (Wildman–Crippen LogP) is 3.52. The van der Waals surface area contributed by atoms with E-state index in [0.717, 1.165) is 41.9 Å². The van der Waals surface area contributed by atoms with Gasteiger partial charge < -0.3 is 5.32 Å². The second kappa shape index (κ2) is 7.18. The molecule has 20 heavy (non-hydrogen) atoms. The maximum atomic E-state index is 12.5. The van der Waals surface area contributed by atoms with E-state index < -0.39 is 0 Å². The van der Waals surface area contributed by atoms with E-state index in [1.807, 2.05) is 13.8 Å². The first kappa shape index (κ1) is 15.4. The molecule has 1 amide bonds. The fraction of sp³-hybridized carbons (Fsp3) is 0.667. The van der Waals surface area contributed by atoms with Gasteiger partial charge in [-0.3, -0.25) is 14.1 Å². The van der Waals surface area contributed by atoms with Gasteiger partial charge in [0.15, 0.2) is 0 Å². The minimum Gasteiger partial charge on any atom is -0.323 e. The molecule has 1 aromatic rings. The Morgan fingerprint density at radius 1 is 1.50 bits per heavy atom. The second-order valence-corrected chi connectivity index (χ2v) is 6.51. The van der Waals surface area contributed by atoms with Crippen molar-refractivity contribution in [1.29, 1.82) is 0 Å². The van der Waals surface area contributed by atoms with Crippen LogP contribution >= 0.6 is 11.3 Å². The van der Waals surface area contributed by atoms with Crippen molar-refractivity contribution in [2.24, 2.45) is 0 Å². The summed E-state index contributed by atoms with van der Waals surface area (Å²) in [4.78, 5) is 15.8. The number of hydrogen-bond donors (Lipinski definition) is 1. The molecule has 1 N–H and O–H groups in total. The lowest BCUT2D eigenvalue weighted by Crippen LogP contribution is -2.47. The predicted molar refractivity (Wildman–Crippen MR) is 82.2 cm³/mol. The van der Waals surface area contributed by atoms with Gasteiger partial charge >= 0.3 is 0 Å². The lowest BCUT2D eigenvalue weighted by molar-refractivity contribution is -0.122. The Kier molecular flexibility index (Phi) is 5.54. The molecule has 1 aromatic heterocycles. The molecule has 0 aliphatic carbocycles. The molecule has 0 aromatic carbocycles. The molecule has 112 valence electrons. The molecule has 0 spiro atoms. The minimum atomic E-state index is -0.312. The van der Waals surface area contributed by atoms with Crippen LogP contribution in [0.1, 0.15) is 36.1 Å². The highest BCUT2D eigenvalue weighted by Crippen LogP contribution is 2.27. The third-order valence-corrected chi connectivity index (χ3v) is 4.93. The average Bonchev–Trinajstić information content (AvgIpc) is 2.77. The molecule has 2 rings (SSSR count). The van der Waals surface area contributed by atoms with Crippen molar-refractivity contribution in [1.82, 2.24) is 4.90 Å². The number of hydrogen-bond acceptors (Lipinski definition) is 3. The van der Waals surface area contributed by atoms with Crippen LogP contribution in [0.4, 0.5) is 10.1 Å². The van der Waals surface area contributed by atoms with Gasteiger partial charge in [0.2, 0.25) is 5.91 Å². The monoisotopic (exact) mass is 298 g/mol. The van der Waals surface area contributed by atoms with E-state index in [1.54, 1.807) is 11.3 Å². The van der Waals surface area contributed by atoms with E-state index in [1.165, 1.54) is 0 Å². The summed E-state index contributed by atoms with van der Waals surface area (Å²) in [6.07, 6.45) is 3.57. The van der Waals surface area contributed by atoms with Crippen LogP contribution in [0.5, 0.6) is 0 Å². The van der Waals surface area contributed by atoms with Crippen molar-refractivity contribution >= 4 is 22.9 Å². The smallest absolute Gasteiger partial charge is 0.241 e. The third kappa shape index (κ3) is 3.58. The molecule has 1 atom stereocenters. The number of thiophene rings is 1. The molecule has 2 heterocycles. The SMILES string of the molecule is Cc1csc(C)c1NC(=O)[C@@H]1CCCCN1CCCF. The first-order chi connectivity index (χ1) is 9.63. The van der Waals surface area contributed by atoms with Crippen LogP contribution in [0.15, 0.2) is 5.38 Å². The summed E-state index contributed by atoms with van der Waals surface area (Å²) < 4.78 is 12.4. The second-order valence-electron chi connectivity index (χ2n) is 5.43. The maximum absolute atomic E-state index is 12.5. The van der Waals surface area contributed by atoms with Crippen LogP contribution in [0.2, 0.25) is 0 Å². The lowest BCUT2D eigenvalue weighted by Gasteiger charge is -2.34. The third-order valence-electron chi connectivity index (χ3n) is 3.90. The molecular weight excluding hydrogens is 275 g/mol. The zero-order chi connectivity index (χ0) is 14.5. The Hall–Kier alpha value is -0.940. The van der Waals surface area contributed by atoms with Gasteiger partial charge in [-0.05, 0) is 50.6 Å². The molecule has 0 unspecified atom stereocenters. The van der Waals surface area contributed by atoms with Gasteiger partial charge in [0.25, 0.3) is 0 Å². The number of nitrogens with zero attached hydrogens (tertiary/aromatic N) is 1. The van der Waals surface area contributed by atoms with Crippen molar-refractivity contribution in [2.75, 3.05) is 25.1 Å². The fourth-order valence-electron chi connectivity index (χ4n) is 2.78. The number of carbonyl (C=O) groups is 1. The van der Waals surface area contributed by atoms with E-state index >= 15 is 0 Å². The van der Waals surface area contributed by atoms with Crippen molar-refractivity contribution in [3.63, 3.8) is 0 Å². The summed E-state index contributed by atoms with van der Waals surface area (Å²) in [6.45, 7) is 5.30. The van der Waals surface area contributed by atoms with Gasteiger partial charge in [0.05, 0.1) is 18.4 Å². The summed E-state index contributed by atoms with van der Waals surface area (Å²) >= 11 is 1.66. The molecule has 1 fully saturated rings. The molecule has 3 nitrogen and oxygen atoms in total. The molecule has 0 radical (unpaired) electrons. The summed E-state index contributed by atoms with van der Waals surface area (Å²) in [6, 6.07) is -0.103. The van der Waals surface area contributed by atoms with Crippen molar-refractivity contribution < 1.29 is 9.18 Å². The first-order valence-electron chi connectivity index (χ1n) is 7.29. The Morgan fingerprint density at radius 3 is 2.95 bits per heavy atom. The zero-order valence-corrected chi connectivity index (χ0v) is 13.1. The number of anilines is 1. The van der Waals surface area contributed by atoms with E-state index in [-0.39, 0.29) is 18.6 Å². The fourth-order valence-corrected chi connectivity index (χ4v) is 3.59. The van der Waals surface area contributed by atoms with Crippen molar-refractivity contribution in [3.05, 3.63) is 15.8 Å². The molecule has 1 aliphatic rings. The summed E-state index contributed by atoms with van der Waals surface area (Å²) in [5.41, 5.74) is 2.07. The van der Waals surface area contributed by atoms with Crippen LogP contribution in [0.3, 0.4) is 0 Å². The molecule has 0 bridgehead atoms. The number of halogens is 1. The number of aryl methyl sites for hydroxylation is 2. The summed E-state index contributed by atoms with van der Waals surface area (Å²) in [7, 11) is 0. The number of likely N-dealkylation sites (tertiary alicyclic amines) is 1. The van der Waals surface area contributed by atoms with E-state index in [4.69, 9.17) is 0 Å². The molecular formula is C15H23FN2OS. The standard InChI is InChI=1S/C15H23FN2OS/c1-11-10-20-12(2)14(11)17-15(19)13-6-3-4-8-18(13)9-5-7-16/h10,13H,3-9H2,1-2H3,(H,17,19)/t13-/m0/s1. The minimum absolute atomic E-state index is 0.0631. The van der Waals surface area contributed by atoms with Crippen LogP contribution < -0.4 is 5.32 Å². The van der Waals surface area contributed by atoms with Crippen LogP contribution in [0, 0.1) is 13.8 Å². The van der Waals surface area contributed by atoms with Crippen LogP contribution in [0.25, 0.3) is 0 Å². The molecule has 1 saturated heterocycles. The number of alkyl halides is 1. The van der Waals surface area contributed by atoms with Crippen LogP contribution in [-0.4, -0.2) is 36.6 Å².